The Balaban J connectivity index is 1.63. The number of Topliss-reactive ketones (excluding diaryl/α,β-unsaturated/α-hetero) is 1. The van der Waals surface area contributed by atoms with Crippen LogP contribution in [0, 0.1) is 0 Å². The average Bonchev–Trinajstić information content (AvgIpc) is 3.52. The number of hydrogen-bond acceptors (Lipinski definition) is 6. The first-order valence-electron chi connectivity index (χ1n) is 9.66. The smallest absolute Gasteiger partial charge is 0.294 e. The third-order valence-electron chi connectivity index (χ3n) is 5.30. The highest BCUT2D eigenvalue weighted by Crippen LogP contribution is 2.44. The predicted octanol–water partition coefficient (Wildman–Crippen LogP) is 5.94. The van der Waals surface area contributed by atoms with Gasteiger partial charge in [0.25, 0.3) is 5.91 Å². The van der Waals surface area contributed by atoms with E-state index in [0.717, 1.165) is 4.88 Å². The van der Waals surface area contributed by atoms with E-state index in [2.05, 4.69) is 0 Å². The molecule has 0 saturated carbocycles. The van der Waals surface area contributed by atoms with Crippen LogP contribution in [0.1, 0.15) is 21.5 Å². The number of benzene rings is 2. The number of fused-ring (bicyclic) bond motifs is 1. The predicted molar refractivity (Wildman–Crippen MR) is 123 cm³/mol. The Morgan fingerprint density at radius 2 is 2.00 bits per heavy atom. The van der Waals surface area contributed by atoms with Crippen molar-refractivity contribution in [1.29, 1.82) is 0 Å². The van der Waals surface area contributed by atoms with E-state index in [1.54, 1.807) is 48.5 Å². The minimum Gasteiger partial charge on any atom is -0.503 e. The lowest BCUT2D eigenvalue weighted by molar-refractivity contribution is -0.117. The zero-order chi connectivity index (χ0) is 22.4. The second kappa shape index (κ2) is 7.85. The molecule has 1 atom stereocenters. The summed E-state index contributed by atoms with van der Waals surface area (Å²) in [4.78, 5) is 28.8. The number of thiophene rings is 1. The van der Waals surface area contributed by atoms with Gasteiger partial charge in [-0.15, -0.1) is 11.3 Å². The van der Waals surface area contributed by atoms with E-state index >= 15 is 0 Å². The van der Waals surface area contributed by atoms with Gasteiger partial charge in [-0.2, -0.15) is 0 Å². The molecule has 1 aliphatic rings. The molecule has 0 aliphatic carbocycles. The number of halogens is 1. The molecule has 1 amide bonds. The van der Waals surface area contributed by atoms with Crippen LogP contribution in [0.15, 0.2) is 81.8 Å². The van der Waals surface area contributed by atoms with Crippen molar-refractivity contribution in [2.75, 3.05) is 12.0 Å². The van der Waals surface area contributed by atoms with E-state index in [-0.39, 0.29) is 11.3 Å². The van der Waals surface area contributed by atoms with Crippen LogP contribution in [-0.4, -0.2) is 23.9 Å². The molecule has 6 nitrogen and oxygen atoms in total. The van der Waals surface area contributed by atoms with Gasteiger partial charge in [0, 0.05) is 27.0 Å². The number of carbonyl (C=O) groups excluding carboxylic acids is 2. The lowest BCUT2D eigenvalue weighted by atomic mass is 10.00. The SMILES string of the molecule is COc1cccc(N2C(=O)C(O)=C(C(=O)c3cc4cc(Cl)ccc4o3)C2c2cccs2)c1. The first kappa shape index (κ1) is 20.4. The van der Waals surface area contributed by atoms with Gasteiger partial charge in [0.05, 0.1) is 12.7 Å². The first-order chi connectivity index (χ1) is 15.5. The number of rotatable bonds is 5. The van der Waals surface area contributed by atoms with Gasteiger partial charge < -0.3 is 14.3 Å². The molecular formula is C24H16ClNO5S. The molecular weight excluding hydrogens is 450 g/mol. The number of methoxy groups -OCH3 is 1. The highest BCUT2D eigenvalue weighted by Gasteiger charge is 2.46. The fourth-order valence-corrected chi connectivity index (χ4v) is 4.84. The minimum absolute atomic E-state index is 0.0191. The molecule has 2 aromatic heterocycles. The van der Waals surface area contributed by atoms with Crippen LogP contribution in [0.2, 0.25) is 5.02 Å². The Morgan fingerprint density at radius 3 is 2.75 bits per heavy atom. The van der Waals surface area contributed by atoms with Gasteiger partial charge in [-0.1, -0.05) is 23.7 Å². The number of hydrogen-bond donors (Lipinski definition) is 1. The zero-order valence-corrected chi connectivity index (χ0v) is 18.3. The number of carbonyl (C=O) groups is 2. The van der Waals surface area contributed by atoms with Crippen LogP contribution in [0.25, 0.3) is 11.0 Å². The molecule has 5 rings (SSSR count). The van der Waals surface area contributed by atoms with Gasteiger partial charge >= 0.3 is 0 Å². The summed E-state index contributed by atoms with van der Waals surface area (Å²) < 4.78 is 11.0. The molecule has 0 radical (unpaired) electrons. The van der Waals surface area contributed by atoms with Crippen molar-refractivity contribution in [1.82, 2.24) is 0 Å². The molecule has 8 heteroatoms. The van der Waals surface area contributed by atoms with E-state index in [1.807, 2.05) is 17.5 Å². The molecule has 1 N–H and O–H groups in total. The summed E-state index contributed by atoms with van der Waals surface area (Å²) in [5.41, 5.74) is 0.948. The molecule has 0 fully saturated rings. The van der Waals surface area contributed by atoms with E-state index in [4.69, 9.17) is 20.8 Å². The average molecular weight is 466 g/mol. The monoisotopic (exact) mass is 465 g/mol. The number of ketones is 1. The van der Waals surface area contributed by atoms with Crippen molar-refractivity contribution in [2.24, 2.45) is 0 Å². The normalized spacial score (nSPS) is 16.2. The van der Waals surface area contributed by atoms with Gasteiger partial charge in [-0.05, 0) is 47.8 Å². The van der Waals surface area contributed by atoms with Gasteiger partial charge in [0.15, 0.2) is 11.5 Å². The number of aliphatic hydroxyl groups excluding tert-OH is 1. The van der Waals surface area contributed by atoms with Crippen molar-refractivity contribution in [2.45, 2.75) is 6.04 Å². The van der Waals surface area contributed by atoms with E-state index in [0.29, 0.717) is 27.4 Å². The lowest BCUT2D eigenvalue weighted by Crippen LogP contribution is -2.30. The number of aliphatic hydroxyl groups is 1. The van der Waals surface area contributed by atoms with Crippen LogP contribution < -0.4 is 9.64 Å². The number of furan rings is 1. The molecule has 1 aliphatic heterocycles. The summed E-state index contributed by atoms with van der Waals surface area (Å²) in [5.74, 6) is -1.26. The summed E-state index contributed by atoms with van der Waals surface area (Å²) in [5, 5.41) is 13.8. The molecule has 0 bridgehead atoms. The Labute approximate surface area is 191 Å². The zero-order valence-electron chi connectivity index (χ0n) is 16.7. The number of anilines is 1. The molecule has 0 spiro atoms. The molecule has 2 aromatic carbocycles. The maximum atomic E-state index is 13.5. The third kappa shape index (κ3) is 3.26. The quantitative estimate of drug-likeness (QED) is 0.369. The lowest BCUT2D eigenvalue weighted by Gasteiger charge is -2.25. The topological polar surface area (TPSA) is 80.0 Å². The maximum absolute atomic E-state index is 13.5. The highest BCUT2D eigenvalue weighted by atomic mass is 35.5. The summed E-state index contributed by atoms with van der Waals surface area (Å²) in [6, 6.07) is 16.3. The van der Waals surface area contributed by atoms with E-state index in [1.165, 1.54) is 23.3 Å². The van der Waals surface area contributed by atoms with Gasteiger partial charge in [0.2, 0.25) is 5.78 Å². The van der Waals surface area contributed by atoms with Crippen molar-refractivity contribution >= 4 is 51.3 Å². The Bertz CT molecular complexity index is 1390. The maximum Gasteiger partial charge on any atom is 0.294 e. The summed E-state index contributed by atoms with van der Waals surface area (Å²) in [7, 11) is 1.53. The Hall–Kier alpha value is -3.55. The van der Waals surface area contributed by atoms with Crippen LogP contribution in [0.4, 0.5) is 5.69 Å². The Morgan fingerprint density at radius 1 is 1.16 bits per heavy atom. The summed E-state index contributed by atoms with van der Waals surface area (Å²) in [6.45, 7) is 0. The van der Waals surface area contributed by atoms with Crippen molar-refractivity contribution in [3.63, 3.8) is 0 Å². The fourth-order valence-electron chi connectivity index (χ4n) is 3.84. The second-order valence-corrected chi connectivity index (χ2v) is 8.59. The molecule has 4 aromatic rings. The van der Waals surface area contributed by atoms with Crippen LogP contribution in [-0.2, 0) is 4.79 Å². The molecule has 0 saturated heterocycles. The largest absolute Gasteiger partial charge is 0.503 e. The fraction of sp³-hybridized carbons (Fsp3) is 0.0833. The van der Waals surface area contributed by atoms with Crippen molar-refractivity contribution in [3.8, 4) is 5.75 Å². The third-order valence-corrected chi connectivity index (χ3v) is 6.46. The van der Waals surface area contributed by atoms with Crippen LogP contribution in [0.5, 0.6) is 5.75 Å². The second-order valence-electron chi connectivity index (χ2n) is 7.18. The molecule has 1 unspecified atom stereocenters. The standard InChI is InChI=1S/C24H16ClNO5S/c1-30-16-5-2-4-15(12-16)26-21(19-6-3-9-32-19)20(23(28)24(26)29)22(27)18-11-13-10-14(25)7-8-17(13)31-18/h2-12,21,28H,1H3. The Kier molecular flexibility index (Phi) is 5.00. The summed E-state index contributed by atoms with van der Waals surface area (Å²) in [6.07, 6.45) is 0. The molecule has 3 heterocycles. The minimum atomic E-state index is -0.807. The van der Waals surface area contributed by atoms with E-state index in [9.17, 15) is 14.7 Å². The van der Waals surface area contributed by atoms with Crippen LogP contribution in [0.3, 0.4) is 0 Å². The van der Waals surface area contributed by atoms with Gasteiger partial charge in [-0.25, -0.2) is 0 Å². The summed E-state index contributed by atoms with van der Waals surface area (Å²) >= 11 is 7.43. The first-order valence-corrected chi connectivity index (χ1v) is 10.9. The van der Waals surface area contributed by atoms with E-state index < -0.39 is 23.5 Å². The number of nitrogens with zero attached hydrogens (tertiary/aromatic N) is 1. The van der Waals surface area contributed by atoms with Crippen molar-refractivity contribution in [3.05, 3.63) is 93.0 Å². The van der Waals surface area contributed by atoms with Crippen molar-refractivity contribution < 1.29 is 23.8 Å². The number of amides is 1. The number of ether oxygens (including phenoxy) is 1. The van der Waals surface area contributed by atoms with Crippen LogP contribution >= 0.6 is 22.9 Å². The van der Waals surface area contributed by atoms with Gasteiger partial charge in [-0.3, -0.25) is 14.5 Å². The molecule has 32 heavy (non-hydrogen) atoms. The highest BCUT2D eigenvalue weighted by molar-refractivity contribution is 7.10. The van der Waals surface area contributed by atoms with Gasteiger partial charge in [0.1, 0.15) is 17.4 Å². The molecule has 160 valence electrons.